The summed E-state index contributed by atoms with van der Waals surface area (Å²) in [6, 6.07) is 26.6. The van der Waals surface area contributed by atoms with Gasteiger partial charge in [-0.05, 0) is 29.2 Å². The molecule has 1 unspecified atom stereocenters. The number of para-hydroxylation sites is 1. The minimum absolute atomic E-state index is 0.150. The zero-order valence-corrected chi connectivity index (χ0v) is 23.8. The van der Waals surface area contributed by atoms with Crippen LogP contribution in [0.1, 0.15) is 25.0 Å². The summed E-state index contributed by atoms with van der Waals surface area (Å²) >= 11 is 0. The van der Waals surface area contributed by atoms with Crippen molar-refractivity contribution in [2.75, 3.05) is 31.5 Å². The Balaban J connectivity index is 2.04. The number of benzene rings is 3. The first-order chi connectivity index (χ1) is 18.6. The average Bonchev–Trinajstić information content (AvgIpc) is 2.93. The summed E-state index contributed by atoms with van der Waals surface area (Å²) in [7, 11) is -1.15. The number of carbonyl (C=O) groups is 2. The second-order valence-electron chi connectivity index (χ2n) is 9.98. The van der Waals surface area contributed by atoms with Crippen LogP contribution in [0.5, 0.6) is 0 Å². The molecule has 1 atom stereocenters. The maximum Gasteiger partial charge on any atom is 0.304 e. The molecule has 1 N–H and O–H groups in total. The Hall–Kier alpha value is -3.69. The summed E-state index contributed by atoms with van der Waals surface area (Å²) in [4.78, 5) is 29.2. The molecule has 0 saturated heterocycles. The van der Waals surface area contributed by atoms with Gasteiger partial charge in [-0.15, -0.1) is 0 Å². The molecule has 8 nitrogen and oxygen atoms in total. The van der Waals surface area contributed by atoms with E-state index in [1.807, 2.05) is 74.5 Å². The Kier molecular flexibility index (Phi) is 10.7. The highest BCUT2D eigenvalue weighted by Gasteiger charge is 2.34. The second-order valence-corrected chi connectivity index (χ2v) is 12.1. The van der Waals surface area contributed by atoms with E-state index in [1.165, 1.54) is 19.0 Å². The van der Waals surface area contributed by atoms with Crippen molar-refractivity contribution in [1.82, 2.24) is 14.5 Å². The molecule has 0 spiro atoms. The number of hydrogen-bond donors (Lipinski definition) is 1. The van der Waals surface area contributed by atoms with E-state index in [9.17, 15) is 18.0 Å². The van der Waals surface area contributed by atoms with Gasteiger partial charge in [0.1, 0.15) is 12.6 Å². The third kappa shape index (κ3) is 8.40. The largest absolute Gasteiger partial charge is 0.354 e. The van der Waals surface area contributed by atoms with E-state index >= 15 is 0 Å². The van der Waals surface area contributed by atoms with Gasteiger partial charge in [0.25, 0.3) is 0 Å². The Labute approximate surface area is 232 Å². The third-order valence-electron chi connectivity index (χ3n) is 6.21. The van der Waals surface area contributed by atoms with Gasteiger partial charge >= 0.3 is 10.2 Å². The van der Waals surface area contributed by atoms with Crippen LogP contribution in [0.15, 0.2) is 91.0 Å². The first kappa shape index (κ1) is 29.9. The SMILES string of the molecule is CC(C)CNC(=O)C(Cc1ccccc1)N(Cc1ccccc1)C(=O)CN(c1ccccc1)S(=O)(=O)N(C)C. The highest BCUT2D eigenvalue weighted by Crippen LogP contribution is 2.21. The molecule has 0 heterocycles. The predicted octanol–water partition coefficient (Wildman–Crippen LogP) is 3.71. The predicted molar refractivity (Wildman–Crippen MR) is 155 cm³/mol. The average molecular weight is 551 g/mol. The minimum Gasteiger partial charge on any atom is -0.354 e. The molecule has 0 fully saturated rings. The highest BCUT2D eigenvalue weighted by atomic mass is 32.2. The van der Waals surface area contributed by atoms with Crippen LogP contribution in [0, 0.1) is 5.92 Å². The molecule has 0 bridgehead atoms. The Morgan fingerprint density at radius 1 is 0.795 bits per heavy atom. The molecule has 0 aliphatic heterocycles. The summed E-state index contributed by atoms with van der Waals surface area (Å²) in [6.45, 7) is 4.16. The van der Waals surface area contributed by atoms with Crippen molar-refractivity contribution in [3.63, 3.8) is 0 Å². The molecule has 9 heteroatoms. The fourth-order valence-electron chi connectivity index (χ4n) is 4.07. The van der Waals surface area contributed by atoms with Gasteiger partial charge in [0.15, 0.2) is 0 Å². The minimum atomic E-state index is -4.00. The third-order valence-corrected chi connectivity index (χ3v) is 8.03. The van der Waals surface area contributed by atoms with Gasteiger partial charge in [0, 0.05) is 33.6 Å². The molecular weight excluding hydrogens is 512 g/mol. The van der Waals surface area contributed by atoms with E-state index in [4.69, 9.17) is 0 Å². The van der Waals surface area contributed by atoms with Crippen LogP contribution in [-0.2, 0) is 32.8 Å². The maximum atomic E-state index is 14.1. The van der Waals surface area contributed by atoms with Crippen LogP contribution in [0.2, 0.25) is 0 Å². The lowest BCUT2D eigenvalue weighted by atomic mass is 10.0. The summed E-state index contributed by atoms with van der Waals surface area (Å²) in [5, 5.41) is 2.98. The lowest BCUT2D eigenvalue weighted by Gasteiger charge is -2.34. The summed E-state index contributed by atoms with van der Waals surface area (Å²) in [5.74, 6) is -0.532. The number of rotatable bonds is 13. The van der Waals surface area contributed by atoms with Crippen LogP contribution in [0.25, 0.3) is 0 Å². The van der Waals surface area contributed by atoms with Crippen molar-refractivity contribution in [1.29, 1.82) is 0 Å². The molecule has 3 aromatic carbocycles. The molecule has 208 valence electrons. The molecule has 0 aliphatic rings. The first-order valence-corrected chi connectivity index (χ1v) is 14.4. The molecule has 39 heavy (non-hydrogen) atoms. The van der Waals surface area contributed by atoms with Gasteiger partial charge in [-0.1, -0.05) is 92.7 Å². The zero-order chi connectivity index (χ0) is 28.4. The number of nitrogens with one attached hydrogen (secondary N) is 1. The van der Waals surface area contributed by atoms with Gasteiger partial charge in [0.2, 0.25) is 11.8 Å². The molecule has 2 amide bonds. The van der Waals surface area contributed by atoms with E-state index in [2.05, 4.69) is 5.32 Å². The van der Waals surface area contributed by atoms with Gasteiger partial charge < -0.3 is 10.2 Å². The molecule has 3 rings (SSSR count). The Bertz CT molecular complexity index is 1300. The van der Waals surface area contributed by atoms with E-state index in [0.717, 1.165) is 19.7 Å². The lowest BCUT2D eigenvalue weighted by Crippen LogP contribution is -2.54. The molecule has 3 aromatic rings. The fraction of sp³-hybridized carbons (Fsp3) is 0.333. The Morgan fingerprint density at radius 3 is 1.82 bits per heavy atom. The van der Waals surface area contributed by atoms with Gasteiger partial charge in [-0.2, -0.15) is 12.7 Å². The van der Waals surface area contributed by atoms with Crippen LogP contribution in [-0.4, -0.2) is 62.7 Å². The quantitative estimate of drug-likeness (QED) is 0.351. The smallest absolute Gasteiger partial charge is 0.304 e. The van der Waals surface area contributed by atoms with E-state index < -0.39 is 28.7 Å². The fourth-order valence-corrected chi connectivity index (χ4v) is 5.12. The van der Waals surface area contributed by atoms with E-state index in [-0.39, 0.29) is 24.8 Å². The number of nitrogens with zero attached hydrogens (tertiary/aromatic N) is 3. The Morgan fingerprint density at radius 2 is 1.31 bits per heavy atom. The first-order valence-electron chi connectivity index (χ1n) is 13.0. The molecule has 0 saturated carbocycles. The second kappa shape index (κ2) is 13.9. The maximum absolute atomic E-state index is 14.1. The summed E-state index contributed by atoms with van der Waals surface area (Å²) in [5.41, 5.74) is 2.10. The topological polar surface area (TPSA) is 90.0 Å². The van der Waals surface area contributed by atoms with Crippen molar-refractivity contribution in [2.24, 2.45) is 5.92 Å². The molecule has 0 radical (unpaired) electrons. The number of carbonyl (C=O) groups excluding carboxylic acids is 2. The van der Waals surface area contributed by atoms with Gasteiger partial charge in [-0.3, -0.25) is 9.59 Å². The van der Waals surface area contributed by atoms with Crippen molar-refractivity contribution in [2.45, 2.75) is 32.9 Å². The van der Waals surface area contributed by atoms with Gasteiger partial charge in [0.05, 0.1) is 5.69 Å². The summed E-state index contributed by atoms with van der Waals surface area (Å²) < 4.78 is 28.8. The molecule has 0 aromatic heterocycles. The van der Waals surface area contributed by atoms with Crippen LogP contribution in [0.3, 0.4) is 0 Å². The van der Waals surface area contributed by atoms with Crippen molar-refractivity contribution < 1.29 is 18.0 Å². The lowest BCUT2D eigenvalue weighted by molar-refractivity contribution is -0.140. The van der Waals surface area contributed by atoms with Crippen molar-refractivity contribution in [3.8, 4) is 0 Å². The van der Waals surface area contributed by atoms with E-state index in [1.54, 1.807) is 30.3 Å². The van der Waals surface area contributed by atoms with E-state index in [0.29, 0.717) is 12.2 Å². The number of amides is 2. The van der Waals surface area contributed by atoms with Crippen LogP contribution < -0.4 is 9.62 Å². The van der Waals surface area contributed by atoms with Crippen LogP contribution in [0.4, 0.5) is 5.69 Å². The molecular formula is C30H38N4O4S. The zero-order valence-electron chi connectivity index (χ0n) is 23.0. The molecule has 0 aliphatic carbocycles. The monoisotopic (exact) mass is 550 g/mol. The van der Waals surface area contributed by atoms with Gasteiger partial charge in [-0.25, -0.2) is 4.31 Å². The van der Waals surface area contributed by atoms with Crippen molar-refractivity contribution in [3.05, 3.63) is 102 Å². The van der Waals surface area contributed by atoms with Crippen molar-refractivity contribution >= 4 is 27.7 Å². The highest BCUT2D eigenvalue weighted by molar-refractivity contribution is 7.90. The van der Waals surface area contributed by atoms with Crippen LogP contribution >= 0.6 is 0 Å². The summed E-state index contributed by atoms with van der Waals surface area (Å²) in [6.07, 6.45) is 0.287. The number of hydrogen-bond acceptors (Lipinski definition) is 4. The normalized spacial score (nSPS) is 12.3. The standard InChI is InChI=1S/C30H38N4O4S/c1-24(2)21-31-30(36)28(20-25-14-8-5-9-15-25)33(22-26-16-10-6-11-17-26)29(35)23-34(39(37,38)32(3)4)27-18-12-7-13-19-27/h5-19,24,28H,20-23H2,1-4H3,(H,31,36). The number of anilines is 1.